The van der Waals surface area contributed by atoms with Crippen molar-refractivity contribution in [2.75, 3.05) is 42.2 Å². The minimum atomic E-state index is 0.289. The van der Waals surface area contributed by atoms with Gasteiger partial charge in [-0.15, -0.1) is 0 Å². The van der Waals surface area contributed by atoms with Crippen LogP contribution < -0.4 is 16.0 Å². The summed E-state index contributed by atoms with van der Waals surface area (Å²) in [5, 5.41) is 3.18. The number of hydrogen-bond acceptors (Lipinski definition) is 6. The number of rotatable bonds is 5. The van der Waals surface area contributed by atoms with E-state index in [1.807, 2.05) is 19.9 Å². The molecule has 1 unspecified atom stereocenters. The van der Waals surface area contributed by atoms with Crippen molar-refractivity contribution in [2.45, 2.75) is 32.8 Å². The lowest BCUT2D eigenvalue weighted by Gasteiger charge is -2.33. The fourth-order valence-electron chi connectivity index (χ4n) is 2.40. The van der Waals surface area contributed by atoms with Gasteiger partial charge in [0, 0.05) is 32.3 Å². The van der Waals surface area contributed by atoms with Crippen LogP contribution in [-0.4, -0.2) is 42.3 Å². The molecular weight excluding hydrogens is 242 g/mol. The second-order valence-electron chi connectivity index (χ2n) is 4.67. The highest BCUT2D eigenvalue weighted by Crippen LogP contribution is 2.22. The highest BCUT2D eigenvalue weighted by Gasteiger charge is 2.21. The molecule has 0 aromatic carbocycles. The van der Waals surface area contributed by atoms with Gasteiger partial charge in [-0.3, -0.25) is 0 Å². The van der Waals surface area contributed by atoms with Crippen molar-refractivity contribution >= 4 is 17.6 Å². The molecule has 0 aliphatic carbocycles. The monoisotopic (exact) mass is 265 g/mol. The molecule has 1 saturated heterocycles. The van der Waals surface area contributed by atoms with Gasteiger partial charge in [0.15, 0.2) is 0 Å². The Morgan fingerprint density at radius 2 is 2.32 bits per heavy atom. The van der Waals surface area contributed by atoms with Crippen LogP contribution in [0, 0.1) is 0 Å². The molecule has 0 bridgehead atoms. The Morgan fingerprint density at radius 1 is 1.47 bits per heavy atom. The molecule has 1 aromatic heterocycles. The Labute approximate surface area is 114 Å². The summed E-state index contributed by atoms with van der Waals surface area (Å²) in [6.45, 7) is 7.50. The Kier molecular flexibility index (Phi) is 4.79. The summed E-state index contributed by atoms with van der Waals surface area (Å²) < 4.78 is 5.71. The van der Waals surface area contributed by atoms with E-state index in [1.54, 1.807) is 0 Å². The average Bonchev–Trinajstić information content (AvgIpc) is 2.39. The highest BCUT2D eigenvalue weighted by atomic mass is 16.5. The number of nitrogens with one attached hydrogen (secondary N) is 1. The molecule has 1 aliphatic rings. The van der Waals surface area contributed by atoms with Crippen molar-refractivity contribution < 1.29 is 4.74 Å². The summed E-state index contributed by atoms with van der Waals surface area (Å²) in [5.74, 6) is 1.98. The van der Waals surface area contributed by atoms with Crippen molar-refractivity contribution in [3.63, 3.8) is 0 Å². The molecule has 1 aromatic rings. The molecule has 2 heterocycles. The van der Waals surface area contributed by atoms with Crippen LogP contribution in [0.5, 0.6) is 0 Å². The largest absolute Gasteiger partial charge is 0.377 e. The zero-order chi connectivity index (χ0) is 13.7. The summed E-state index contributed by atoms with van der Waals surface area (Å²) in [6.07, 6.45) is 2.52. The SMILES string of the molecule is CCNc1cc(N2CCCC(OCC)C2)nc(N)n1. The number of anilines is 3. The number of ether oxygens (including phenoxy) is 1. The second kappa shape index (κ2) is 6.56. The van der Waals surface area contributed by atoms with Gasteiger partial charge in [0.05, 0.1) is 6.10 Å². The van der Waals surface area contributed by atoms with Crippen LogP contribution in [-0.2, 0) is 4.74 Å². The van der Waals surface area contributed by atoms with Gasteiger partial charge in [0.1, 0.15) is 11.6 Å². The molecule has 0 spiro atoms. The number of nitrogens with zero attached hydrogens (tertiary/aromatic N) is 3. The third-order valence-electron chi connectivity index (χ3n) is 3.19. The Balaban J connectivity index is 2.11. The second-order valence-corrected chi connectivity index (χ2v) is 4.67. The standard InChI is InChI=1S/C13H23N5O/c1-3-15-11-8-12(17-13(14)16-11)18-7-5-6-10(9-18)19-4-2/h8,10H,3-7,9H2,1-2H3,(H3,14,15,16,17). The van der Waals surface area contributed by atoms with Crippen LogP contribution in [0.1, 0.15) is 26.7 Å². The van der Waals surface area contributed by atoms with Crippen molar-refractivity contribution in [2.24, 2.45) is 0 Å². The number of nitrogens with two attached hydrogens (primary N) is 1. The Morgan fingerprint density at radius 3 is 3.05 bits per heavy atom. The minimum absolute atomic E-state index is 0.289. The van der Waals surface area contributed by atoms with E-state index in [0.29, 0.717) is 5.95 Å². The van der Waals surface area contributed by atoms with E-state index >= 15 is 0 Å². The van der Waals surface area contributed by atoms with E-state index in [0.717, 1.165) is 50.7 Å². The van der Waals surface area contributed by atoms with Gasteiger partial charge < -0.3 is 20.7 Å². The molecule has 19 heavy (non-hydrogen) atoms. The van der Waals surface area contributed by atoms with E-state index in [4.69, 9.17) is 10.5 Å². The first-order valence-electron chi connectivity index (χ1n) is 6.98. The summed E-state index contributed by atoms with van der Waals surface area (Å²) in [4.78, 5) is 10.7. The molecule has 2 rings (SSSR count). The van der Waals surface area contributed by atoms with Gasteiger partial charge in [-0.25, -0.2) is 0 Å². The Hall–Kier alpha value is -1.56. The first-order valence-corrected chi connectivity index (χ1v) is 6.98. The van der Waals surface area contributed by atoms with Crippen LogP contribution in [0.3, 0.4) is 0 Å². The minimum Gasteiger partial charge on any atom is -0.377 e. The van der Waals surface area contributed by atoms with E-state index in [9.17, 15) is 0 Å². The van der Waals surface area contributed by atoms with Gasteiger partial charge in [-0.05, 0) is 26.7 Å². The first kappa shape index (κ1) is 13.9. The van der Waals surface area contributed by atoms with Gasteiger partial charge in [-0.2, -0.15) is 9.97 Å². The molecular formula is C13H23N5O. The summed E-state index contributed by atoms with van der Waals surface area (Å²) in [6, 6.07) is 1.95. The summed E-state index contributed by atoms with van der Waals surface area (Å²) in [5.41, 5.74) is 5.77. The molecule has 0 radical (unpaired) electrons. The molecule has 106 valence electrons. The number of hydrogen-bond donors (Lipinski definition) is 2. The van der Waals surface area contributed by atoms with Crippen LogP contribution in [0.2, 0.25) is 0 Å². The predicted molar refractivity (Wildman–Crippen MR) is 77.5 cm³/mol. The summed E-state index contributed by atoms with van der Waals surface area (Å²) in [7, 11) is 0. The number of aromatic nitrogens is 2. The van der Waals surface area contributed by atoms with Crippen LogP contribution in [0.4, 0.5) is 17.6 Å². The lowest BCUT2D eigenvalue weighted by molar-refractivity contribution is 0.0525. The number of piperidine rings is 1. The maximum Gasteiger partial charge on any atom is 0.223 e. The van der Waals surface area contributed by atoms with Crippen molar-refractivity contribution in [3.8, 4) is 0 Å². The Bertz CT molecular complexity index is 410. The van der Waals surface area contributed by atoms with Crippen LogP contribution >= 0.6 is 0 Å². The molecule has 6 heteroatoms. The zero-order valence-electron chi connectivity index (χ0n) is 11.7. The maximum atomic E-state index is 5.77. The normalized spacial score (nSPS) is 19.5. The summed E-state index contributed by atoms with van der Waals surface area (Å²) >= 11 is 0. The van der Waals surface area contributed by atoms with Crippen LogP contribution in [0.15, 0.2) is 6.07 Å². The van der Waals surface area contributed by atoms with Gasteiger partial charge in [-0.1, -0.05) is 0 Å². The average molecular weight is 265 g/mol. The van der Waals surface area contributed by atoms with Gasteiger partial charge in [0.2, 0.25) is 5.95 Å². The maximum absolute atomic E-state index is 5.77. The first-order chi connectivity index (χ1) is 9.22. The lowest BCUT2D eigenvalue weighted by atomic mass is 10.1. The molecule has 1 aliphatic heterocycles. The van der Waals surface area contributed by atoms with Gasteiger partial charge >= 0.3 is 0 Å². The fraction of sp³-hybridized carbons (Fsp3) is 0.692. The third kappa shape index (κ3) is 3.70. The molecule has 6 nitrogen and oxygen atoms in total. The van der Waals surface area contributed by atoms with Crippen molar-refractivity contribution in [1.29, 1.82) is 0 Å². The van der Waals surface area contributed by atoms with E-state index < -0.39 is 0 Å². The van der Waals surface area contributed by atoms with E-state index in [2.05, 4.69) is 20.2 Å². The third-order valence-corrected chi connectivity index (χ3v) is 3.19. The molecule has 0 saturated carbocycles. The molecule has 1 atom stereocenters. The molecule has 3 N–H and O–H groups in total. The zero-order valence-corrected chi connectivity index (χ0v) is 11.7. The van der Waals surface area contributed by atoms with E-state index in [1.165, 1.54) is 0 Å². The molecule has 1 fully saturated rings. The number of nitrogen functional groups attached to an aromatic ring is 1. The van der Waals surface area contributed by atoms with Crippen molar-refractivity contribution in [3.05, 3.63) is 6.07 Å². The van der Waals surface area contributed by atoms with Gasteiger partial charge in [0.25, 0.3) is 0 Å². The fourth-order valence-corrected chi connectivity index (χ4v) is 2.40. The lowest BCUT2D eigenvalue weighted by Crippen LogP contribution is -2.40. The quantitative estimate of drug-likeness (QED) is 0.840. The van der Waals surface area contributed by atoms with E-state index in [-0.39, 0.29) is 6.10 Å². The molecule has 0 amide bonds. The highest BCUT2D eigenvalue weighted by molar-refractivity contribution is 5.52. The predicted octanol–water partition coefficient (Wildman–Crippen LogP) is 1.50. The van der Waals surface area contributed by atoms with Crippen LogP contribution in [0.25, 0.3) is 0 Å². The smallest absolute Gasteiger partial charge is 0.223 e. The topological polar surface area (TPSA) is 76.3 Å². The van der Waals surface area contributed by atoms with Crippen molar-refractivity contribution in [1.82, 2.24) is 9.97 Å².